The maximum atomic E-state index is 5.62. The Morgan fingerprint density at radius 2 is 1.78 bits per heavy atom. The molecule has 0 fully saturated rings. The van der Waals surface area contributed by atoms with Crippen LogP contribution in [0.25, 0.3) is 39.5 Å². The summed E-state index contributed by atoms with van der Waals surface area (Å²) in [6.07, 6.45) is 17.7. The Bertz CT molecular complexity index is 1980. The first-order valence-electron chi connectivity index (χ1n) is 15.2. The Kier molecular flexibility index (Phi) is 7.49. The van der Waals surface area contributed by atoms with Crippen LogP contribution in [0.3, 0.4) is 0 Å². The largest absolute Gasteiger partial charge is 0.378 e. The number of nitrogens with zero attached hydrogens (tertiary/aromatic N) is 4. The summed E-state index contributed by atoms with van der Waals surface area (Å²) < 4.78 is 2.20. The summed E-state index contributed by atoms with van der Waals surface area (Å²) in [6, 6.07) is 21.0. The van der Waals surface area contributed by atoms with E-state index in [9.17, 15) is 0 Å². The Balaban J connectivity index is 1.37. The monoisotopic (exact) mass is 592 g/mol. The average molecular weight is 593 g/mol. The number of nitrogens with two attached hydrogens (primary N) is 1. The third kappa shape index (κ3) is 5.30. The molecule has 5 aromatic rings. The molecule has 0 saturated carbocycles. The van der Waals surface area contributed by atoms with Crippen LogP contribution in [0, 0.1) is 0 Å². The van der Waals surface area contributed by atoms with Crippen molar-refractivity contribution in [3.05, 3.63) is 133 Å². The van der Waals surface area contributed by atoms with E-state index in [1.54, 1.807) is 0 Å². The van der Waals surface area contributed by atoms with Gasteiger partial charge in [0.1, 0.15) is 11.5 Å². The van der Waals surface area contributed by atoms with Crippen molar-refractivity contribution in [1.29, 1.82) is 0 Å². The molecule has 224 valence electrons. The van der Waals surface area contributed by atoms with E-state index >= 15 is 0 Å². The number of allylic oxidation sites excluding steroid dienone is 4. The lowest BCUT2D eigenvalue weighted by Crippen LogP contribution is -2.20. The molecule has 0 amide bonds. The van der Waals surface area contributed by atoms with E-state index in [-0.39, 0.29) is 5.41 Å². The third-order valence-electron chi connectivity index (χ3n) is 8.42. The van der Waals surface area contributed by atoms with Gasteiger partial charge in [-0.1, -0.05) is 50.3 Å². The SMILES string of the molecule is CC1(C)c2cc(N/C=C\C=C/CN)c(NCc3ccccn3)cc2-c2cc3nc(-c4ccccn4)n(C4=CC=CCN4)c3cc21. The first kappa shape index (κ1) is 28.3. The molecule has 45 heavy (non-hydrogen) atoms. The van der Waals surface area contributed by atoms with Gasteiger partial charge in [-0.05, 0) is 82.9 Å². The highest BCUT2D eigenvalue weighted by Crippen LogP contribution is 2.52. The van der Waals surface area contributed by atoms with E-state index < -0.39 is 0 Å². The Morgan fingerprint density at radius 1 is 0.956 bits per heavy atom. The van der Waals surface area contributed by atoms with Gasteiger partial charge in [0.05, 0.1) is 34.6 Å². The van der Waals surface area contributed by atoms with E-state index in [0.29, 0.717) is 13.1 Å². The number of dihydropyridines is 1. The zero-order valence-electron chi connectivity index (χ0n) is 25.5. The summed E-state index contributed by atoms with van der Waals surface area (Å²) in [4.78, 5) is 14.3. The number of imidazole rings is 1. The normalized spacial score (nSPS) is 14.9. The van der Waals surface area contributed by atoms with Gasteiger partial charge in [0, 0.05) is 37.1 Å². The molecule has 2 aromatic carbocycles. The highest BCUT2D eigenvalue weighted by molar-refractivity contribution is 5.95. The fourth-order valence-corrected chi connectivity index (χ4v) is 6.17. The van der Waals surface area contributed by atoms with Crippen molar-refractivity contribution in [3.63, 3.8) is 0 Å². The van der Waals surface area contributed by atoms with Crippen molar-refractivity contribution in [2.45, 2.75) is 25.8 Å². The minimum Gasteiger partial charge on any atom is -0.378 e. The molecular formula is C37H36N8. The molecule has 0 unspecified atom stereocenters. The predicted molar refractivity (Wildman–Crippen MR) is 184 cm³/mol. The van der Waals surface area contributed by atoms with Crippen LogP contribution in [0.2, 0.25) is 0 Å². The highest BCUT2D eigenvalue weighted by Gasteiger charge is 2.37. The summed E-state index contributed by atoms with van der Waals surface area (Å²) in [6.45, 7) is 6.47. The Hall–Kier alpha value is -5.47. The molecule has 0 radical (unpaired) electrons. The lowest BCUT2D eigenvalue weighted by Gasteiger charge is -2.23. The average Bonchev–Trinajstić information content (AvgIpc) is 3.55. The maximum Gasteiger partial charge on any atom is 0.165 e. The molecule has 0 atom stereocenters. The van der Waals surface area contributed by atoms with Crippen molar-refractivity contribution in [1.82, 2.24) is 24.8 Å². The van der Waals surface area contributed by atoms with Crippen molar-refractivity contribution in [3.8, 4) is 22.6 Å². The fourth-order valence-electron chi connectivity index (χ4n) is 6.17. The van der Waals surface area contributed by atoms with Gasteiger partial charge < -0.3 is 21.7 Å². The van der Waals surface area contributed by atoms with E-state index in [0.717, 1.165) is 52.0 Å². The predicted octanol–water partition coefficient (Wildman–Crippen LogP) is 6.81. The number of hydrogen-bond donors (Lipinski definition) is 4. The molecule has 8 heteroatoms. The van der Waals surface area contributed by atoms with Crippen LogP contribution in [-0.2, 0) is 12.0 Å². The Labute approximate surface area is 263 Å². The summed E-state index contributed by atoms with van der Waals surface area (Å²) in [7, 11) is 0. The smallest absolute Gasteiger partial charge is 0.165 e. The number of pyridine rings is 2. The van der Waals surface area contributed by atoms with Crippen molar-refractivity contribution in [2.24, 2.45) is 5.73 Å². The maximum absolute atomic E-state index is 5.62. The van der Waals surface area contributed by atoms with Gasteiger partial charge in [-0.15, -0.1) is 0 Å². The van der Waals surface area contributed by atoms with Crippen molar-refractivity contribution >= 4 is 28.2 Å². The second-order valence-electron chi connectivity index (χ2n) is 11.6. The molecule has 4 heterocycles. The van der Waals surface area contributed by atoms with Crippen molar-refractivity contribution < 1.29 is 0 Å². The fraction of sp³-hybridized carbons (Fsp3) is 0.162. The molecule has 2 aliphatic rings. The number of aromatic nitrogens is 4. The molecule has 0 bridgehead atoms. The molecule has 0 spiro atoms. The van der Waals surface area contributed by atoms with Gasteiger partial charge in [-0.25, -0.2) is 4.98 Å². The molecule has 1 aliphatic heterocycles. The molecule has 5 N–H and O–H groups in total. The number of rotatable bonds is 9. The van der Waals surface area contributed by atoms with Crippen LogP contribution in [0.4, 0.5) is 11.4 Å². The highest BCUT2D eigenvalue weighted by atomic mass is 15.2. The van der Waals surface area contributed by atoms with Gasteiger partial charge in [-0.2, -0.15) is 0 Å². The number of hydrogen-bond acceptors (Lipinski definition) is 7. The lowest BCUT2D eigenvalue weighted by atomic mass is 9.82. The van der Waals surface area contributed by atoms with E-state index in [1.807, 2.05) is 73.2 Å². The first-order valence-corrected chi connectivity index (χ1v) is 15.2. The third-order valence-corrected chi connectivity index (χ3v) is 8.42. The van der Waals surface area contributed by atoms with Crippen LogP contribution in [0.1, 0.15) is 30.7 Å². The van der Waals surface area contributed by atoms with Gasteiger partial charge >= 0.3 is 0 Å². The molecule has 3 aromatic heterocycles. The zero-order valence-corrected chi connectivity index (χ0v) is 25.5. The molecule has 1 aliphatic carbocycles. The van der Waals surface area contributed by atoms with Gasteiger partial charge in [0.2, 0.25) is 0 Å². The molecule has 7 rings (SSSR count). The summed E-state index contributed by atoms with van der Waals surface area (Å²) in [5.74, 6) is 1.80. The topological polar surface area (TPSA) is 106 Å². The van der Waals surface area contributed by atoms with Gasteiger partial charge in [-0.3, -0.25) is 14.5 Å². The van der Waals surface area contributed by atoms with Crippen LogP contribution in [0.15, 0.2) is 116 Å². The summed E-state index contributed by atoms with van der Waals surface area (Å²) in [5, 5.41) is 10.7. The van der Waals surface area contributed by atoms with Crippen LogP contribution in [-0.4, -0.2) is 32.6 Å². The number of nitrogens with one attached hydrogen (secondary N) is 3. The van der Waals surface area contributed by atoms with Crippen molar-refractivity contribution in [2.75, 3.05) is 23.7 Å². The molecule has 0 saturated heterocycles. The number of fused-ring (bicyclic) bond motifs is 4. The van der Waals surface area contributed by atoms with E-state index in [2.05, 4.69) is 86.8 Å². The number of benzene rings is 2. The van der Waals surface area contributed by atoms with Crippen LogP contribution in [0.5, 0.6) is 0 Å². The number of anilines is 2. The standard InChI is InChI=1S/C37H36N8/c1-37(2)28-22-32(41-17-8-3-7-15-38)31(43-24-25-12-4-9-16-39-25)20-26(28)27-21-33-34(23-29(27)37)45(35-14-6-11-19-42-35)36(44-33)30-13-5-10-18-40-30/h3-14,16-18,20-23,41-43H,15,19,24,38H2,1-2H3/b7-3-,17-8-. The first-order chi connectivity index (χ1) is 22.0. The summed E-state index contributed by atoms with van der Waals surface area (Å²) in [5.41, 5.74) is 16.1. The van der Waals surface area contributed by atoms with Crippen LogP contribution < -0.4 is 21.7 Å². The minimum absolute atomic E-state index is 0.244. The van der Waals surface area contributed by atoms with E-state index in [1.165, 1.54) is 22.3 Å². The van der Waals surface area contributed by atoms with E-state index in [4.69, 9.17) is 10.7 Å². The van der Waals surface area contributed by atoms with Crippen LogP contribution >= 0.6 is 0 Å². The molecular weight excluding hydrogens is 556 g/mol. The van der Waals surface area contributed by atoms with Gasteiger partial charge in [0.25, 0.3) is 0 Å². The quantitative estimate of drug-likeness (QED) is 0.139. The second kappa shape index (κ2) is 11.9. The second-order valence-corrected chi connectivity index (χ2v) is 11.6. The lowest BCUT2D eigenvalue weighted by molar-refractivity contribution is 0.661. The van der Waals surface area contributed by atoms with Gasteiger partial charge in [0.15, 0.2) is 5.82 Å². The Morgan fingerprint density at radius 3 is 2.53 bits per heavy atom. The summed E-state index contributed by atoms with van der Waals surface area (Å²) >= 11 is 0. The zero-order chi connectivity index (χ0) is 30.8. The molecule has 8 nitrogen and oxygen atoms in total. The minimum atomic E-state index is -0.244.